The Bertz CT molecular complexity index is 2250. The number of rotatable bonds is 20. The van der Waals surface area contributed by atoms with Crippen LogP contribution in [0.2, 0.25) is 0 Å². The van der Waals surface area contributed by atoms with Gasteiger partial charge in [0, 0.05) is 13.8 Å². The molecule has 372 valence electrons. The largest absolute Gasteiger partial charge is 0.463 e. The monoisotopic (exact) mass is 1070 g/mol. The number of hydrogen-bond donors (Lipinski definition) is 2. The Labute approximate surface area is 429 Å². The average Bonchev–Trinajstić information content (AvgIpc) is 3.31. The molecule has 2 heterocycles. The van der Waals surface area contributed by atoms with E-state index in [1.54, 1.807) is 24.3 Å². The van der Waals surface area contributed by atoms with Gasteiger partial charge in [-0.2, -0.15) is 0 Å². The minimum Gasteiger partial charge on any atom is -0.463 e. The lowest BCUT2D eigenvalue weighted by Gasteiger charge is -2.50. The number of alkyl halides is 6. The number of benzene rings is 4. The second-order valence-corrected chi connectivity index (χ2v) is 20.4. The lowest BCUT2D eigenvalue weighted by atomic mass is 9.94. The van der Waals surface area contributed by atoms with Gasteiger partial charge in [0.1, 0.15) is 49.3 Å². The van der Waals surface area contributed by atoms with Crippen molar-refractivity contribution in [2.24, 2.45) is 0 Å². The highest BCUT2D eigenvalue weighted by Crippen LogP contribution is 2.38. The molecule has 4 aromatic carbocycles. The van der Waals surface area contributed by atoms with Crippen molar-refractivity contribution in [3.05, 3.63) is 144 Å². The molecule has 10 atom stereocenters. The summed E-state index contributed by atoms with van der Waals surface area (Å²) in [6.07, 6.45) is -12.1. The van der Waals surface area contributed by atoms with Gasteiger partial charge in [0.2, 0.25) is 12.2 Å². The number of hydrogen-bond acceptors (Lipinski definition) is 14. The molecule has 2 saturated heterocycles. The van der Waals surface area contributed by atoms with Crippen molar-refractivity contribution in [1.29, 1.82) is 5.41 Å². The van der Waals surface area contributed by atoms with Gasteiger partial charge in [-0.25, -0.2) is 0 Å². The molecule has 2 aliphatic heterocycles. The van der Waals surface area contributed by atoms with Gasteiger partial charge in [0.15, 0.2) is 12.4 Å². The summed E-state index contributed by atoms with van der Waals surface area (Å²) < 4.78 is 58.9. The molecule has 69 heavy (non-hydrogen) atoms. The van der Waals surface area contributed by atoms with Crippen molar-refractivity contribution in [2.75, 3.05) is 13.2 Å². The predicted octanol–water partition coefficient (Wildman–Crippen LogP) is 8.51. The molecule has 2 aliphatic rings. The van der Waals surface area contributed by atoms with Gasteiger partial charge in [-0.3, -0.25) is 19.8 Å². The van der Waals surface area contributed by atoms with Crippen molar-refractivity contribution < 1.29 is 61.8 Å². The quantitative estimate of drug-likeness (QED) is 0.0373. The third kappa shape index (κ3) is 16.6. The van der Waals surface area contributed by atoms with E-state index in [0.717, 1.165) is 16.7 Å². The smallest absolute Gasteiger partial charge is 0.303 e. The van der Waals surface area contributed by atoms with Crippen molar-refractivity contribution in [2.45, 2.75) is 109 Å². The van der Waals surface area contributed by atoms with E-state index in [-0.39, 0.29) is 39.6 Å². The van der Waals surface area contributed by atoms with Crippen LogP contribution in [0.25, 0.3) is 0 Å². The molecule has 15 nitrogen and oxygen atoms in total. The SMILES string of the molecule is CC(=O)OC[C@H]1O[C@@H](O[C@H]2[C@H](OCc3ccccc3)[C@@H](NC(=O)C(Cl)(Cl)Cl)C(OC(=N)C(Cl)(Cl)Cl)O[C@@H]2COCc2ccccc2)[C@@H](OCc2ccccc2)[C@@H](OC(C)=O)[C@@H]1OCc1ccccc1. The summed E-state index contributed by atoms with van der Waals surface area (Å²) in [6.45, 7) is 1.78. The van der Waals surface area contributed by atoms with E-state index < -0.39 is 92.7 Å². The van der Waals surface area contributed by atoms with Crippen LogP contribution in [0.15, 0.2) is 121 Å². The molecule has 0 radical (unpaired) electrons. The van der Waals surface area contributed by atoms with Crippen LogP contribution in [0.1, 0.15) is 36.1 Å². The fraction of sp³-hybridized carbons (Fsp3) is 0.417. The first-order chi connectivity index (χ1) is 33.0. The zero-order valence-electron chi connectivity index (χ0n) is 37.1. The molecule has 21 heteroatoms. The second-order valence-electron chi connectivity index (χ2n) is 15.8. The highest BCUT2D eigenvalue weighted by atomic mass is 35.6. The van der Waals surface area contributed by atoms with Gasteiger partial charge in [0.05, 0.1) is 33.0 Å². The molecule has 2 N–H and O–H groups in total. The topological polar surface area (TPSA) is 179 Å². The molecule has 1 unspecified atom stereocenters. The molecule has 6 rings (SSSR count). The number of amides is 1. The lowest BCUT2D eigenvalue weighted by Crippen LogP contribution is -2.69. The van der Waals surface area contributed by atoms with Gasteiger partial charge in [-0.05, 0) is 22.3 Å². The first-order valence-corrected chi connectivity index (χ1v) is 23.8. The zero-order valence-corrected chi connectivity index (χ0v) is 41.7. The molecule has 0 spiro atoms. The Morgan fingerprint density at radius 1 is 0.536 bits per heavy atom. The maximum absolute atomic E-state index is 13.7. The molecule has 0 aliphatic carbocycles. The number of carbonyl (C=O) groups excluding carboxylic acids is 3. The van der Waals surface area contributed by atoms with Crippen LogP contribution >= 0.6 is 69.6 Å². The van der Waals surface area contributed by atoms with Gasteiger partial charge in [-0.15, -0.1) is 0 Å². The van der Waals surface area contributed by atoms with Crippen molar-refractivity contribution in [1.82, 2.24) is 5.32 Å². The van der Waals surface area contributed by atoms with Gasteiger partial charge in [-0.1, -0.05) is 191 Å². The normalized spacial score (nSPS) is 25.0. The van der Waals surface area contributed by atoms with E-state index in [4.69, 9.17) is 122 Å². The lowest BCUT2D eigenvalue weighted by molar-refractivity contribution is -0.358. The number of ether oxygens (including phenoxy) is 10. The summed E-state index contributed by atoms with van der Waals surface area (Å²) in [6, 6.07) is 35.2. The minimum atomic E-state index is -2.54. The van der Waals surface area contributed by atoms with E-state index in [1.165, 1.54) is 13.8 Å². The summed E-state index contributed by atoms with van der Waals surface area (Å²) in [5.74, 6) is -3.36. The zero-order chi connectivity index (χ0) is 49.6. The van der Waals surface area contributed by atoms with Gasteiger partial charge < -0.3 is 52.7 Å². The molecule has 0 saturated carbocycles. The van der Waals surface area contributed by atoms with Gasteiger partial charge in [0.25, 0.3) is 13.5 Å². The molecule has 0 aromatic heterocycles. The molecule has 1 amide bonds. The Kier molecular flexibility index (Phi) is 20.6. The molecule has 4 aromatic rings. The van der Waals surface area contributed by atoms with Crippen molar-refractivity contribution in [3.8, 4) is 0 Å². The predicted molar refractivity (Wildman–Crippen MR) is 257 cm³/mol. The van der Waals surface area contributed by atoms with Crippen LogP contribution in [0.4, 0.5) is 0 Å². The van der Waals surface area contributed by atoms with Crippen molar-refractivity contribution >= 4 is 93.3 Å². The third-order valence-corrected chi connectivity index (χ3v) is 11.6. The summed E-state index contributed by atoms with van der Waals surface area (Å²) in [5, 5.41) is 11.2. The summed E-state index contributed by atoms with van der Waals surface area (Å²) >= 11 is 36.7. The highest BCUT2D eigenvalue weighted by Gasteiger charge is 2.56. The fourth-order valence-electron chi connectivity index (χ4n) is 7.42. The maximum Gasteiger partial charge on any atom is 0.303 e. The summed E-state index contributed by atoms with van der Waals surface area (Å²) in [5.41, 5.74) is 3.02. The molecule has 2 fully saturated rings. The third-order valence-electron chi connectivity index (χ3n) is 10.6. The molecule has 0 bridgehead atoms. The Balaban J connectivity index is 1.47. The Morgan fingerprint density at radius 3 is 1.45 bits per heavy atom. The highest BCUT2D eigenvalue weighted by molar-refractivity contribution is 6.76. The Hall–Kier alpha value is -3.78. The van der Waals surface area contributed by atoms with E-state index in [9.17, 15) is 14.4 Å². The molecular weight excluding hydrogens is 1030 g/mol. The second kappa shape index (κ2) is 26.1. The van der Waals surface area contributed by atoms with E-state index in [0.29, 0.717) is 5.56 Å². The average molecular weight is 1080 g/mol. The van der Waals surface area contributed by atoms with Crippen LogP contribution < -0.4 is 5.32 Å². The number of halogens is 6. The number of carbonyl (C=O) groups is 3. The number of esters is 2. The van der Waals surface area contributed by atoms with E-state index in [2.05, 4.69) is 5.32 Å². The van der Waals surface area contributed by atoms with Crippen LogP contribution in [0, 0.1) is 5.41 Å². The summed E-state index contributed by atoms with van der Waals surface area (Å²) in [4.78, 5) is 39.1. The van der Waals surface area contributed by atoms with E-state index in [1.807, 2.05) is 97.1 Å². The number of nitrogens with one attached hydrogen (secondary N) is 2. The van der Waals surface area contributed by atoms with Crippen LogP contribution in [0.3, 0.4) is 0 Å². The fourth-order valence-corrected chi connectivity index (χ4v) is 7.71. The van der Waals surface area contributed by atoms with Crippen LogP contribution in [0.5, 0.6) is 0 Å². The van der Waals surface area contributed by atoms with E-state index >= 15 is 0 Å². The van der Waals surface area contributed by atoms with Gasteiger partial charge >= 0.3 is 11.9 Å². The summed E-state index contributed by atoms with van der Waals surface area (Å²) in [7, 11) is 0. The standard InChI is InChI=1S/C48H50Cl6N2O13/c1-29(57)61-28-36-38(62-24-32-17-9-4-10-18-32)41(65-30(2)58)42(64-26-34-21-13-6-14-22-34)44(67-36)68-39-35(27-60-23-31-15-7-3-8-16-31)66-43(69-45(55)47(49,50)51)37(56-46(59)48(52,53)54)40(39)63-25-33-19-11-5-12-20-33/h3-22,35-44,55H,23-28H2,1-2H3,(H,56,59)/t35-,36-,37-,38-,39-,40-,41+,42+,43?,44+/m1/s1. The van der Waals surface area contributed by atoms with Crippen LogP contribution in [-0.2, 0) is 88.2 Å². The maximum atomic E-state index is 13.7. The van der Waals surface area contributed by atoms with Crippen molar-refractivity contribution in [3.63, 3.8) is 0 Å². The molecular formula is C48H50Cl6N2O13. The van der Waals surface area contributed by atoms with Crippen LogP contribution in [-0.4, -0.2) is 106 Å². The first kappa shape index (κ1) is 54.6. The minimum absolute atomic E-state index is 0.0298. The first-order valence-electron chi connectivity index (χ1n) is 21.5. The Morgan fingerprint density at radius 2 is 0.986 bits per heavy atom.